The summed E-state index contributed by atoms with van der Waals surface area (Å²) in [6, 6.07) is 0. The van der Waals surface area contributed by atoms with Gasteiger partial charge in [0.2, 0.25) is 0 Å². The number of carboxylic acid groups (broad SMARTS) is 1. The van der Waals surface area contributed by atoms with Crippen LogP contribution >= 0.6 is 0 Å². The minimum absolute atomic E-state index is 0.0822. The Bertz CT molecular complexity index is 208. The second-order valence-corrected chi connectivity index (χ2v) is 3.89. The van der Waals surface area contributed by atoms with Crippen LogP contribution in [0.25, 0.3) is 0 Å². The van der Waals surface area contributed by atoms with Crippen LogP contribution in [0.15, 0.2) is 0 Å². The van der Waals surface area contributed by atoms with E-state index in [1.165, 1.54) is 0 Å². The maximum Gasteiger partial charge on any atom is 0.304 e. The van der Waals surface area contributed by atoms with Crippen molar-refractivity contribution in [3.05, 3.63) is 0 Å². The molecule has 5 nitrogen and oxygen atoms in total. The number of rotatable bonds is 7. The van der Waals surface area contributed by atoms with Gasteiger partial charge in [-0.1, -0.05) is 0 Å². The molecule has 0 aromatic carbocycles. The van der Waals surface area contributed by atoms with E-state index in [4.69, 9.17) is 14.6 Å². The van der Waals surface area contributed by atoms with Crippen LogP contribution < -0.4 is 0 Å². The second-order valence-electron chi connectivity index (χ2n) is 3.89. The Morgan fingerprint density at radius 3 is 2.12 bits per heavy atom. The number of nitrogens with zero attached hydrogens (tertiary/aromatic N) is 1. The Morgan fingerprint density at radius 2 is 1.75 bits per heavy atom. The van der Waals surface area contributed by atoms with Crippen LogP contribution in [0.3, 0.4) is 0 Å². The Kier molecular flexibility index (Phi) is 5.73. The van der Waals surface area contributed by atoms with Crippen molar-refractivity contribution in [2.45, 2.75) is 32.5 Å². The predicted octanol–water partition coefficient (Wildman–Crippen LogP) is 0.587. The highest BCUT2D eigenvalue weighted by atomic mass is 16.5. The summed E-state index contributed by atoms with van der Waals surface area (Å²) in [4.78, 5) is 12.6. The molecule has 1 aliphatic heterocycles. The molecule has 0 aromatic heterocycles. The molecule has 5 heteroatoms. The summed E-state index contributed by atoms with van der Waals surface area (Å²) in [5.74, 6) is -0.757. The van der Waals surface area contributed by atoms with E-state index < -0.39 is 5.97 Å². The molecular formula is C11H21NO4. The highest BCUT2D eigenvalue weighted by Gasteiger charge is 2.33. The molecule has 94 valence electrons. The number of hydrogen-bond donors (Lipinski definition) is 1. The van der Waals surface area contributed by atoms with Gasteiger partial charge in [0.05, 0.1) is 18.6 Å². The van der Waals surface area contributed by atoms with Crippen LogP contribution in [0.2, 0.25) is 0 Å². The van der Waals surface area contributed by atoms with Gasteiger partial charge in [-0.25, -0.2) is 0 Å². The molecule has 0 amide bonds. The summed E-state index contributed by atoms with van der Waals surface area (Å²) < 4.78 is 11.2. The lowest BCUT2D eigenvalue weighted by molar-refractivity contribution is -0.137. The zero-order chi connectivity index (χ0) is 12.0. The smallest absolute Gasteiger partial charge is 0.304 e. The van der Waals surface area contributed by atoms with E-state index >= 15 is 0 Å². The fraction of sp³-hybridized carbons (Fsp3) is 0.909. The van der Waals surface area contributed by atoms with Gasteiger partial charge in [-0.05, 0) is 13.8 Å². The molecule has 0 aromatic rings. The fourth-order valence-electron chi connectivity index (χ4n) is 2.00. The van der Waals surface area contributed by atoms with Crippen LogP contribution in [0.5, 0.6) is 0 Å². The van der Waals surface area contributed by atoms with Crippen LogP contribution in [-0.2, 0) is 14.3 Å². The summed E-state index contributed by atoms with van der Waals surface area (Å²) in [5.41, 5.74) is 0. The Balaban J connectivity index is 2.38. The van der Waals surface area contributed by atoms with Crippen LogP contribution in [-0.4, -0.2) is 61.0 Å². The molecule has 1 N–H and O–H groups in total. The molecule has 0 radical (unpaired) electrons. The molecule has 2 atom stereocenters. The summed E-state index contributed by atoms with van der Waals surface area (Å²) in [7, 11) is 0. The average Bonchev–Trinajstić information content (AvgIpc) is 2.59. The zero-order valence-electron chi connectivity index (χ0n) is 10.0. The molecule has 0 spiro atoms. The van der Waals surface area contributed by atoms with E-state index in [2.05, 4.69) is 4.90 Å². The standard InChI is InChI=1S/C11H21NO4/c1-3-15-9-7-12(6-5-11(13)14)8-10(9)16-4-2/h9-10H,3-8H2,1-2H3,(H,13,14)/t9-,10-/m0/s1. The van der Waals surface area contributed by atoms with Crippen LogP contribution in [0, 0.1) is 0 Å². The molecule has 0 unspecified atom stereocenters. The lowest BCUT2D eigenvalue weighted by Crippen LogP contribution is -2.29. The zero-order valence-corrected chi connectivity index (χ0v) is 10.0. The van der Waals surface area contributed by atoms with E-state index in [0.29, 0.717) is 19.8 Å². The Hall–Kier alpha value is -0.650. The van der Waals surface area contributed by atoms with Crippen molar-refractivity contribution < 1.29 is 19.4 Å². The first-order valence-corrected chi connectivity index (χ1v) is 5.84. The van der Waals surface area contributed by atoms with E-state index in [9.17, 15) is 4.79 Å². The summed E-state index contributed by atoms with van der Waals surface area (Å²) in [5, 5.41) is 8.62. The number of likely N-dealkylation sites (tertiary alicyclic amines) is 1. The van der Waals surface area contributed by atoms with Gasteiger partial charge >= 0.3 is 5.97 Å². The number of carbonyl (C=O) groups is 1. The second kappa shape index (κ2) is 6.83. The van der Waals surface area contributed by atoms with Gasteiger partial charge in [0, 0.05) is 32.8 Å². The minimum atomic E-state index is -0.757. The molecule has 1 rings (SSSR count). The minimum Gasteiger partial charge on any atom is -0.481 e. The van der Waals surface area contributed by atoms with Crippen molar-refractivity contribution in [2.24, 2.45) is 0 Å². The maximum absolute atomic E-state index is 10.5. The van der Waals surface area contributed by atoms with Gasteiger partial charge < -0.3 is 14.6 Å². The van der Waals surface area contributed by atoms with Gasteiger partial charge in [0.15, 0.2) is 0 Å². The van der Waals surface area contributed by atoms with E-state index in [0.717, 1.165) is 13.1 Å². The van der Waals surface area contributed by atoms with Gasteiger partial charge in [-0.3, -0.25) is 9.69 Å². The van der Waals surface area contributed by atoms with Gasteiger partial charge in [0.1, 0.15) is 0 Å². The molecule has 1 saturated heterocycles. The van der Waals surface area contributed by atoms with Crippen molar-refractivity contribution in [1.82, 2.24) is 4.90 Å². The molecular weight excluding hydrogens is 210 g/mol. The summed E-state index contributed by atoms with van der Waals surface area (Å²) in [6.07, 6.45) is 0.343. The maximum atomic E-state index is 10.5. The summed E-state index contributed by atoms with van der Waals surface area (Å²) in [6.45, 7) is 7.37. The third-order valence-electron chi connectivity index (χ3n) is 2.69. The Labute approximate surface area is 96.3 Å². The lowest BCUT2D eigenvalue weighted by Gasteiger charge is -2.17. The van der Waals surface area contributed by atoms with Crippen molar-refractivity contribution in [3.8, 4) is 0 Å². The van der Waals surface area contributed by atoms with Crippen molar-refractivity contribution in [2.75, 3.05) is 32.8 Å². The largest absolute Gasteiger partial charge is 0.481 e. The average molecular weight is 231 g/mol. The van der Waals surface area contributed by atoms with Crippen LogP contribution in [0.4, 0.5) is 0 Å². The topological polar surface area (TPSA) is 59.0 Å². The molecule has 0 bridgehead atoms. The van der Waals surface area contributed by atoms with E-state index in [-0.39, 0.29) is 18.6 Å². The lowest BCUT2D eigenvalue weighted by atomic mass is 10.2. The molecule has 0 aliphatic carbocycles. The first-order chi connectivity index (χ1) is 7.67. The molecule has 0 saturated carbocycles. The van der Waals surface area contributed by atoms with Crippen molar-refractivity contribution in [1.29, 1.82) is 0 Å². The third kappa shape index (κ3) is 4.08. The van der Waals surface area contributed by atoms with Crippen molar-refractivity contribution in [3.63, 3.8) is 0 Å². The normalized spacial score (nSPS) is 26.1. The Morgan fingerprint density at radius 1 is 1.25 bits per heavy atom. The SMILES string of the molecule is CCO[C@H]1CN(CCC(=O)O)C[C@@H]1OCC. The first-order valence-electron chi connectivity index (χ1n) is 5.84. The fourth-order valence-corrected chi connectivity index (χ4v) is 2.00. The quantitative estimate of drug-likeness (QED) is 0.695. The molecule has 1 fully saturated rings. The number of hydrogen-bond acceptors (Lipinski definition) is 4. The van der Waals surface area contributed by atoms with Gasteiger partial charge in [-0.2, -0.15) is 0 Å². The highest BCUT2D eigenvalue weighted by Crippen LogP contribution is 2.17. The van der Waals surface area contributed by atoms with E-state index in [1.54, 1.807) is 0 Å². The molecule has 16 heavy (non-hydrogen) atoms. The van der Waals surface area contributed by atoms with Gasteiger partial charge in [0.25, 0.3) is 0 Å². The highest BCUT2D eigenvalue weighted by molar-refractivity contribution is 5.66. The molecule has 1 aliphatic rings. The van der Waals surface area contributed by atoms with Gasteiger partial charge in [-0.15, -0.1) is 0 Å². The van der Waals surface area contributed by atoms with Crippen molar-refractivity contribution >= 4 is 5.97 Å². The van der Waals surface area contributed by atoms with E-state index in [1.807, 2.05) is 13.8 Å². The number of carboxylic acids is 1. The molecule has 1 heterocycles. The first kappa shape index (κ1) is 13.4. The number of aliphatic carboxylic acids is 1. The predicted molar refractivity (Wildman–Crippen MR) is 59.5 cm³/mol. The third-order valence-corrected chi connectivity index (χ3v) is 2.69. The van der Waals surface area contributed by atoms with Crippen LogP contribution in [0.1, 0.15) is 20.3 Å². The monoisotopic (exact) mass is 231 g/mol. The number of ether oxygens (including phenoxy) is 2. The summed E-state index contributed by atoms with van der Waals surface area (Å²) >= 11 is 0.